The quantitative estimate of drug-likeness (QED) is 0.726. The Morgan fingerprint density at radius 2 is 1.96 bits per heavy atom. The lowest BCUT2D eigenvalue weighted by Gasteiger charge is -2.15. The lowest BCUT2D eigenvalue weighted by molar-refractivity contribution is 0.239. The largest absolute Gasteiger partial charge is 0.494 e. The molecule has 0 saturated carbocycles. The zero-order valence-corrected chi connectivity index (χ0v) is 13.4. The number of ether oxygens (including phenoxy) is 2. The maximum atomic E-state index is 6.01. The van der Waals surface area contributed by atoms with Crippen LogP contribution in [0.5, 0.6) is 11.5 Å². The molecule has 1 aliphatic rings. The van der Waals surface area contributed by atoms with E-state index in [9.17, 15) is 0 Å². The molecule has 5 heteroatoms. The standard InChI is InChI=1S/C18H21N3O2/c1-22-16-7-10-21-14-5-4-6-17(18(14)19-13-15(16)21)23-12-11-20-8-2-3-9-20/h4-7,10,13H,2-3,8-9,11-12H2,1H3. The van der Waals surface area contributed by atoms with Gasteiger partial charge in [0, 0.05) is 12.7 Å². The van der Waals surface area contributed by atoms with Crippen LogP contribution in [0.1, 0.15) is 12.8 Å². The van der Waals surface area contributed by atoms with E-state index in [0.717, 1.165) is 34.6 Å². The van der Waals surface area contributed by atoms with Gasteiger partial charge in [-0.05, 0) is 44.1 Å². The number of para-hydroxylation sites is 1. The van der Waals surface area contributed by atoms with Crippen molar-refractivity contribution in [1.29, 1.82) is 0 Å². The van der Waals surface area contributed by atoms with E-state index in [-0.39, 0.29) is 0 Å². The van der Waals surface area contributed by atoms with Crippen molar-refractivity contribution in [2.75, 3.05) is 33.4 Å². The number of rotatable bonds is 5. The number of hydrogen-bond acceptors (Lipinski definition) is 4. The van der Waals surface area contributed by atoms with Crippen LogP contribution < -0.4 is 9.47 Å². The normalized spacial score (nSPS) is 15.5. The number of nitrogens with zero attached hydrogens (tertiary/aromatic N) is 3. The van der Waals surface area contributed by atoms with Crippen molar-refractivity contribution in [2.24, 2.45) is 0 Å². The Bertz CT molecular complexity index is 822. The van der Waals surface area contributed by atoms with Crippen LogP contribution in [0.4, 0.5) is 0 Å². The fourth-order valence-electron chi connectivity index (χ4n) is 3.30. The van der Waals surface area contributed by atoms with E-state index in [1.807, 2.05) is 30.6 Å². The van der Waals surface area contributed by atoms with Crippen LogP contribution in [0, 0.1) is 0 Å². The smallest absolute Gasteiger partial charge is 0.147 e. The average Bonchev–Trinajstić information content (AvgIpc) is 3.24. The summed E-state index contributed by atoms with van der Waals surface area (Å²) in [5.74, 6) is 1.68. The molecule has 5 nitrogen and oxygen atoms in total. The minimum absolute atomic E-state index is 0.702. The van der Waals surface area contributed by atoms with Crippen LogP contribution in [-0.2, 0) is 0 Å². The van der Waals surface area contributed by atoms with E-state index in [1.165, 1.54) is 25.9 Å². The molecule has 0 unspecified atom stereocenters. The Balaban J connectivity index is 1.62. The molecule has 0 bridgehead atoms. The van der Waals surface area contributed by atoms with Crippen LogP contribution in [0.25, 0.3) is 16.6 Å². The summed E-state index contributed by atoms with van der Waals surface area (Å²) in [5, 5.41) is 0. The topological polar surface area (TPSA) is 39.0 Å². The molecule has 3 aromatic rings. The van der Waals surface area contributed by atoms with Crippen molar-refractivity contribution in [3.8, 4) is 11.5 Å². The van der Waals surface area contributed by atoms with Crippen LogP contribution in [0.15, 0.2) is 36.7 Å². The summed E-state index contributed by atoms with van der Waals surface area (Å²) in [6.45, 7) is 4.08. The van der Waals surface area contributed by atoms with Gasteiger partial charge in [-0.3, -0.25) is 4.90 Å². The van der Waals surface area contributed by atoms with Crippen molar-refractivity contribution in [2.45, 2.75) is 12.8 Å². The molecule has 1 fully saturated rings. The van der Waals surface area contributed by atoms with Gasteiger partial charge in [0.2, 0.25) is 0 Å². The summed E-state index contributed by atoms with van der Waals surface area (Å²) < 4.78 is 13.5. The highest BCUT2D eigenvalue weighted by Crippen LogP contribution is 2.28. The van der Waals surface area contributed by atoms with Gasteiger partial charge >= 0.3 is 0 Å². The molecule has 1 aliphatic heterocycles. The molecular formula is C18H21N3O2. The highest BCUT2D eigenvalue weighted by Gasteiger charge is 2.13. The fraction of sp³-hybridized carbons (Fsp3) is 0.389. The predicted molar refractivity (Wildman–Crippen MR) is 90.4 cm³/mol. The molecule has 0 amide bonds. The van der Waals surface area contributed by atoms with E-state index in [0.29, 0.717) is 6.61 Å². The first-order valence-corrected chi connectivity index (χ1v) is 8.15. The molecular weight excluding hydrogens is 290 g/mol. The van der Waals surface area contributed by atoms with Gasteiger partial charge in [-0.25, -0.2) is 4.98 Å². The number of fused-ring (bicyclic) bond motifs is 3. The van der Waals surface area contributed by atoms with Crippen molar-refractivity contribution in [3.63, 3.8) is 0 Å². The first-order valence-electron chi connectivity index (χ1n) is 8.15. The molecule has 0 aliphatic carbocycles. The van der Waals surface area contributed by atoms with Crippen LogP contribution in [0.3, 0.4) is 0 Å². The highest BCUT2D eigenvalue weighted by atomic mass is 16.5. The van der Waals surface area contributed by atoms with Gasteiger partial charge in [-0.2, -0.15) is 0 Å². The zero-order chi connectivity index (χ0) is 15.6. The number of methoxy groups -OCH3 is 1. The van der Waals surface area contributed by atoms with Gasteiger partial charge in [0.05, 0.1) is 18.8 Å². The van der Waals surface area contributed by atoms with Gasteiger partial charge in [0.25, 0.3) is 0 Å². The van der Waals surface area contributed by atoms with E-state index < -0.39 is 0 Å². The summed E-state index contributed by atoms with van der Waals surface area (Å²) in [6, 6.07) is 8.02. The second kappa shape index (κ2) is 6.08. The van der Waals surface area contributed by atoms with Gasteiger partial charge in [-0.1, -0.05) is 6.07 Å². The van der Waals surface area contributed by atoms with Gasteiger partial charge in [0.1, 0.15) is 29.1 Å². The second-order valence-corrected chi connectivity index (χ2v) is 5.92. The fourth-order valence-corrected chi connectivity index (χ4v) is 3.30. The third-order valence-electron chi connectivity index (χ3n) is 4.52. The van der Waals surface area contributed by atoms with E-state index in [4.69, 9.17) is 9.47 Å². The van der Waals surface area contributed by atoms with Gasteiger partial charge < -0.3 is 13.9 Å². The summed E-state index contributed by atoms with van der Waals surface area (Å²) in [7, 11) is 1.68. The monoisotopic (exact) mass is 311 g/mol. The molecule has 0 radical (unpaired) electrons. The minimum Gasteiger partial charge on any atom is -0.494 e. The molecule has 3 heterocycles. The lowest BCUT2D eigenvalue weighted by atomic mass is 10.2. The number of aromatic nitrogens is 2. The van der Waals surface area contributed by atoms with E-state index in [2.05, 4.69) is 20.4 Å². The van der Waals surface area contributed by atoms with Gasteiger partial charge in [-0.15, -0.1) is 0 Å². The van der Waals surface area contributed by atoms with Crippen molar-refractivity contribution >= 4 is 16.6 Å². The number of likely N-dealkylation sites (tertiary alicyclic amines) is 1. The second-order valence-electron chi connectivity index (χ2n) is 5.92. The Kier molecular flexibility index (Phi) is 3.79. The SMILES string of the molecule is COc1ccn2c1cnc1c(OCCN3CCCC3)cccc12. The summed E-state index contributed by atoms with van der Waals surface area (Å²) >= 11 is 0. The van der Waals surface area contributed by atoms with Crippen LogP contribution in [0.2, 0.25) is 0 Å². The molecule has 0 N–H and O–H groups in total. The Labute approximate surface area is 135 Å². The first-order chi connectivity index (χ1) is 11.4. The van der Waals surface area contributed by atoms with Crippen molar-refractivity contribution < 1.29 is 9.47 Å². The zero-order valence-electron chi connectivity index (χ0n) is 13.4. The molecule has 0 spiro atoms. The average molecular weight is 311 g/mol. The molecule has 4 rings (SSSR count). The Hall–Kier alpha value is -2.27. The summed E-state index contributed by atoms with van der Waals surface area (Å²) in [6.07, 6.45) is 6.47. The highest BCUT2D eigenvalue weighted by molar-refractivity contribution is 5.85. The van der Waals surface area contributed by atoms with Crippen molar-refractivity contribution in [3.05, 3.63) is 36.7 Å². The summed E-state index contributed by atoms with van der Waals surface area (Å²) in [5.41, 5.74) is 2.89. The molecule has 0 atom stereocenters. The molecule has 120 valence electrons. The van der Waals surface area contributed by atoms with Crippen LogP contribution in [-0.4, -0.2) is 47.6 Å². The van der Waals surface area contributed by atoms with E-state index in [1.54, 1.807) is 7.11 Å². The third-order valence-corrected chi connectivity index (χ3v) is 4.52. The third kappa shape index (κ3) is 2.61. The molecule has 1 saturated heterocycles. The minimum atomic E-state index is 0.702. The van der Waals surface area contributed by atoms with Gasteiger partial charge in [0.15, 0.2) is 0 Å². The maximum Gasteiger partial charge on any atom is 0.147 e. The number of benzene rings is 1. The van der Waals surface area contributed by atoms with Crippen LogP contribution >= 0.6 is 0 Å². The lowest BCUT2D eigenvalue weighted by Crippen LogP contribution is -2.25. The number of hydrogen-bond donors (Lipinski definition) is 0. The van der Waals surface area contributed by atoms with E-state index >= 15 is 0 Å². The maximum absolute atomic E-state index is 6.01. The molecule has 2 aromatic heterocycles. The van der Waals surface area contributed by atoms with Crippen molar-refractivity contribution in [1.82, 2.24) is 14.3 Å². The Morgan fingerprint density at radius 3 is 2.78 bits per heavy atom. The molecule has 1 aromatic carbocycles. The first kappa shape index (κ1) is 14.3. The summed E-state index contributed by atoms with van der Waals surface area (Å²) in [4.78, 5) is 7.05. The Morgan fingerprint density at radius 1 is 1.09 bits per heavy atom. The predicted octanol–water partition coefficient (Wildman–Crippen LogP) is 2.97. The molecule has 23 heavy (non-hydrogen) atoms.